The Morgan fingerprint density at radius 2 is 2.11 bits per heavy atom. The lowest BCUT2D eigenvalue weighted by molar-refractivity contribution is 0.182. The van der Waals surface area contributed by atoms with Crippen LogP contribution in [0.1, 0.15) is 31.0 Å². The summed E-state index contributed by atoms with van der Waals surface area (Å²) in [5.41, 5.74) is 4.42. The highest BCUT2D eigenvalue weighted by atomic mass is 16.5. The molecule has 0 atom stereocenters. The van der Waals surface area contributed by atoms with E-state index < -0.39 is 0 Å². The van der Waals surface area contributed by atoms with Gasteiger partial charge in [-0.05, 0) is 17.5 Å². The van der Waals surface area contributed by atoms with Crippen LogP contribution in [0.3, 0.4) is 0 Å². The fourth-order valence-corrected chi connectivity index (χ4v) is 2.22. The molecule has 0 radical (unpaired) electrons. The zero-order valence-electron chi connectivity index (χ0n) is 11.4. The van der Waals surface area contributed by atoms with Crippen LogP contribution in [-0.2, 0) is 11.3 Å². The predicted molar refractivity (Wildman–Crippen MR) is 76.1 cm³/mol. The van der Waals surface area contributed by atoms with Crippen LogP contribution in [0.5, 0.6) is 0 Å². The highest BCUT2D eigenvalue weighted by Crippen LogP contribution is 2.29. The Labute approximate surface area is 108 Å². The number of para-hydroxylation sites is 1. The normalized spacial score (nSPS) is 11.2. The lowest BCUT2D eigenvalue weighted by Gasteiger charge is -2.13. The topological polar surface area (TPSA) is 34.1 Å². The first kappa shape index (κ1) is 12.8. The van der Waals surface area contributed by atoms with Crippen molar-refractivity contribution >= 4 is 16.6 Å². The average Bonchev–Trinajstić information content (AvgIpc) is 2.37. The second-order valence-corrected chi connectivity index (χ2v) is 4.74. The van der Waals surface area contributed by atoms with E-state index in [1.807, 2.05) is 7.05 Å². The number of aromatic nitrogens is 1. The second-order valence-electron chi connectivity index (χ2n) is 4.74. The van der Waals surface area contributed by atoms with E-state index in [0.29, 0.717) is 12.5 Å². The van der Waals surface area contributed by atoms with Crippen LogP contribution in [-0.4, -0.2) is 19.1 Å². The van der Waals surface area contributed by atoms with Crippen LogP contribution in [0.2, 0.25) is 0 Å². The van der Waals surface area contributed by atoms with Gasteiger partial charge in [-0.3, -0.25) is 0 Å². The number of methoxy groups -OCH3 is 1. The molecule has 1 aromatic heterocycles. The van der Waals surface area contributed by atoms with Crippen LogP contribution < -0.4 is 5.32 Å². The summed E-state index contributed by atoms with van der Waals surface area (Å²) in [5.74, 6) is 0.462. The summed E-state index contributed by atoms with van der Waals surface area (Å²) in [6.45, 7) is 4.92. The lowest BCUT2D eigenvalue weighted by atomic mass is 9.99. The van der Waals surface area contributed by atoms with E-state index in [-0.39, 0.29) is 0 Å². The van der Waals surface area contributed by atoms with E-state index in [0.717, 1.165) is 16.9 Å². The Hall–Kier alpha value is -1.61. The molecule has 0 aliphatic rings. The average molecular weight is 244 g/mol. The van der Waals surface area contributed by atoms with Gasteiger partial charge in [-0.15, -0.1) is 0 Å². The van der Waals surface area contributed by atoms with Gasteiger partial charge in [0.1, 0.15) is 0 Å². The molecule has 96 valence electrons. The quantitative estimate of drug-likeness (QED) is 0.893. The zero-order chi connectivity index (χ0) is 13.1. The third kappa shape index (κ3) is 2.31. The van der Waals surface area contributed by atoms with Gasteiger partial charge < -0.3 is 10.1 Å². The number of benzene rings is 1. The van der Waals surface area contributed by atoms with Gasteiger partial charge in [0, 0.05) is 25.2 Å². The van der Waals surface area contributed by atoms with Gasteiger partial charge >= 0.3 is 0 Å². The van der Waals surface area contributed by atoms with Crippen molar-refractivity contribution in [1.82, 2.24) is 4.98 Å². The van der Waals surface area contributed by atoms with Gasteiger partial charge in [-0.1, -0.05) is 32.0 Å². The van der Waals surface area contributed by atoms with E-state index in [1.54, 1.807) is 7.11 Å². The third-order valence-electron chi connectivity index (χ3n) is 3.11. The molecule has 18 heavy (non-hydrogen) atoms. The van der Waals surface area contributed by atoms with Crippen molar-refractivity contribution in [2.75, 3.05) is 19.5 Å². The van der Waals surface area contributed by atoms with Gasteiger partial charge in [0.25, 0.3) is 0 Å². The van der Waals surface area contributed by atoms with Crippen LogP contribution in [0, 0.1) is 0 Å². The van der Waals surface area contributed by atoms with Crippen molar-refractivity contribution in [2.24, 2.45) is 0 Å². The van der Waals surface area contributed by atoms with Gasteiger partial charge in [-0.25, -0.2) is 4.98 Å². The standard InChI is InChI=1S/C15H20N2O/c1-10(2)12-6-5-7-13-14(16-3)8-11(9-18-4)17-15(12)13/h5-8,10H,9H2,1-4H3,(H,16,17). The molecule has 0 aliphatic heterocycles. The van der Waals surface area contributed by atoms with Crippen molar-refractivity contribution in [3.63, 3.8) is 0 Å². The molecule has 0 unspecified atom stereocenters. The molecule has 0 spiro atoms. The minimum absolute atomic E-state index is 0.462. The zero-order valence-corrected chi connectivity index (χ0v) is 11.4. The molecule has 0 bridgehead atoms. The molecule has 1 aromatic carbocycles. The summed E-state index contributed by atoms with van der Waals surface area (Å²) in [7, 11) is 3.63. The highest BCUT2D eigenvalue weighted by Gasteiger charge is 2.10. The van der Waals surface area contributed by atoms with Crippen molar-refractivity contribution in [1.29, 1.82) is 0 Å². The number of pyridine rings is 1. The summed E-state index contributed by atoms with van der Waals surface area (Å²) in [6, 6.07) is 8.40. The van der Waals surface area contributed by atoms with E-state index in [9.17, 15) is 0 Å². The van der Waals surface area contributed by atoms with Crippen LogP contribution in [0.4, 0.5) is 5.69 Å². The molecule has 2 rings (SSSR count). The smallest absolute Gasteiger partial charge is 0.0885 e. The molecule has 0 amide bonds. The van der Waals surface area contributed by atoms with Gasteiger partial charge in [0.2, 0.25) is 0 Å². The Kier molecular flexibility index (Phi) is 3.82. The fraction of sp³-hybridized carbons (Fsp3) is 0.400. The maximum Gasteiger partial charge on any atom is 0.0885 e. The molecule has 0 aliphatic carbocycles. The summed E-state index contributed by atoms with van der Waals surface area (Å²) in [6.07, 6.45) is 0. The number of ether oxygens (including phenoxy) is 1. The van der Waals surface area contributed by atoms with Crippen molar-refractivity contribution < 1.29 is 4.74 Å². The van der Waals surface area contributed by atoms with Crippen LogP contribution in [0.25, 0.3) is 10.9 Å². The largest absolute Gasteiger partial charge is 0.388 e. The summed E-state index contributed by atoms with van der Waals surface area (Å²) in [5, 5.41) is 4.41. The number of nitrogens with one attached hydrogen (secondary N) is 1. The van der Waals surface area contributed by atoms with Crippen LogP contribution in [0.15, 0.2) is 24.3 Å². The highest BCUT2D eigenvalue weighted by molar-refractivity contribution is 5.93. The Morgan fingerprint density at radius 3 is 2.72 bits per heavy atom. The maximum absolute atomic E-state index is 5.19. The minimum atomic E-state index is 0.462. The number of nitrogens with zero attached hydrogens (tertiary/aromatic N) is 1. The molecule has 3 nitrogen and oxygen atoms in total. The Balaban J connectivity index is 2.71. The van der Waals surface area contributed by atoms with E-state index >= 15 is 0 Å². The molecule has 3 heteroatoms. The predicted octanol–water partition coefficient (Wildman–Crippen LogP) is 3.55. The monoisotopic (exact) mass is 244 g/mol. The molecular formula is C15H20N2O. The van der Waals surface area contributed by atoms with Crippen molar-refractivity contribution in [2.45, 2.75) is 26.4 Å². The van der Waals surface area contributed by atoms with Gasteiger partial charge in [0.15, 0.2) is 0 Å². The number of fused-ring (bicyclic) bond motifs is 1. The Morgan fingerprint density at radius 1 is 1.33 bits per heavy atom. The molecule has 1 N–H and O–H groups in total. The minimum Gasteiger partial charge on any atom is -0.388 e. The number of anilines is 1. The van der Waals surface area contributed by atoms with E-state index in [4.69, 9.17) is 9.72 Å². The molecular weight excluding hydrogens is 224 g/mol. The summed E-state index contributed by atoms with van der Waals surface area (Å²) < 4.78 is 5.19. The summed E-state index contributed by atoms with van der Waals surface area (Å²) in [4.78, 5) is 4.73. The van der Waals surface area contributed by atoms with Gasteiger partial charge in [0.05, 0.1) is 17.8 Å². The fourth-order valence-electron chi connectivity index (χ4n) is 2.22. The Bertz CT molecular complexity index is 549. The third-order valence-corrected chi connectivity index (χ3v) is 3.11. The molecule has 0 fully saturated rings. The molecule has 0 saturated heterocycles. The molecule has 1 heterocycles. The second kappa shape index (κ2) is 5.36. The first-order valence-corrected chi connectivity index (χ1v) is 6.26. The summed E-state index contributed by atoms with van der Waals surface area (Å²) >= 11 is 0. The first-order valence-electron chi connectivity index (χ1n) is 6.26. The SMILES string of the molecule is CNc1cc(COC)nc2c(C(C)C)cccc12. The van der Waals surface area contributed by atoms with Gasteiger partial charge in [-0.2, -0.15) is 0 Å². The number of hydrogen-bond acceptors (Lipinski definition) is 3. The van der Waals surface area contributed by atoms with Crippen molar-refractivity contribution in [3.8, 4) is 0 Å². The maximum atomic E-state index is 5.19. The molecule has 0 saturated carbocycles. The first-order chi connectivity index (χ1) is 8.67. The lowest BCUT2D eigenvalue weighted by Crippen LogP contribution is -2.00. The number of hydrogen-bond donors (Lipinski definition) is 1. The van der Waals surface area contributed by atoms with Crippen molar-refractivity contribution in [3.05, 3.63) is 35.5 Å². The van der Waals surface area contributed by atoms with Crippen LogP contribution >= 0.6 is 0 Å². The molecule has 2 aromatic rings. The van der Waals surface area contributed by atoms with E-state index in [2.05, 4.69) is 43.4 Å². The number of rotatable bonds is 4. The van der Waals surface area contributed by atoms with E-state index in [1.165, 1.54) is 10.9 Å².